The predicted octanol–water partition coefficient (Wildman–Crippen LogP) is 3.18. The number of hydrogen-bond acceptors (Lipinski definition) is 2. The zero-order chi connectivity index (χ0) is 11.1. The Balaban J connectivity index is 2.33. The van der Waals surface area contributed by atoms with Crippen molar-refractivity contribution in [1.29, 1.82) is 0 Å². The van der Waals surface area contributed by atoms with Gasteiger partial charge in [-0.3, -0.25) is 0 Å². The van der Waals surface area contributed by atoms with Crippen molar-refractivity contribution in [3.63, 3.8) is 0 Å². The van der Waals surface area contributed by atoms with Gasteiger partial charge >= 0.3 is 0 Å². The van der Waals surface area contributed by atoms with E-state index in [0.29, 0.717) is 0 Å². The van der Waals surface area contributed by atoms with Gasteiger partial charge in [-0.2, -0.15) is 0 Å². The average molecular weight is 206 g/mol. The van der Waals surface area contributed by atoms with Crippen LogP contribution < -0.4 is 0 Å². The molecule has 2 heteroatoms. The molecule has 1 aliphatic rings. The van der Waals surface area contributed by atoms with E-state index < -0.39 is 0 Å². The molecule has 2 N–H and O–H groups in total. The number of phenolic OH excluding ortho intramolecular Hbond substituents is 2. The van der Waals surface area contributed by atoms with Crippen LogP contribution in [0.5, 0.6) is 11.5 Å². The van der Waals surface area contributed by atoms with Crippen molar-refractivity contribution in [1.82, 2.24) is 0 Å². The van der Waals surface area contributed by atoms with Crippen molar-refractivity contribution in [2.75, 3.05) is 0 Å². The van der Waals surface area contributed by atoms with E-state index in [4.69, 9.17) is 0 Å². The summed E-state index contributed by atoms with van der Waals surface area (Å²) in [6.45, 7) is 4.40. The molecule has 2 unspecified atom stereocenters. The molecule has 1 saturated carbocycles. The smallest absolute Gasteiger partial charge is 0.157 e. The third kappa shape index (κ3) is 1.48. The molecule has 0 bridgehead atoms. The predicted molar refractivity (Wildman–Crippen MR) is 60.1 cm³/mol. The summed E-state index contributed by atoms with van der Waals surface area (Å²) in [7, 11) is 0. The van der Waals surface area contributed by atoms with E-state index in [2.05, 4.69) is 13.8 Å². The number of rotatable bonds is 3. The van der Waals surface area contributed by atoms with Crippen LogP contribution in [0.3, 0.4) is 0 Å². The van der Waals surface area contributed by atoms with Crippen molar-refractivity contribution in [2.24, 2.45) is 5.92 Å². The fourth-order valence-electron chi connectivity index (χ4n) is 2.74. The summed E-state index contributed by atoms with van der Waals surface area (Å²) in [6, 6.07) is 5.25. The minimum Gasteiger partial charge on any atom is -0.504 e. The van der Waals surface area contributed by atoms with Gasteiger partial charge in [0.05, 0.1) is 0 Å². The molecule has 0 heterocycles. The van der Waals surface area contributed by atoms with E-state index in [9.17, 15) is 10.2 Å². The summed E-state index contributed by atoms with van der Waals surface area (Å²) in [5.41, 5.74) is 1.44. The number of hydrogen-bond donors (Lipinski definition) is 2. The molecule has 0 spiro atoms. The Bertz CT molecular complexity index is 373. The molecule has 0 amide bonds. The maximum Gasteiger partial charge on any atom is 0.157 e. The van der Waals surface area contributed by atoms with E-state index in [-0.39, 0.29) is 16.9 Å². The maximum absolute atomic E-state index is 9.50. The lowest BCUT2D eigenvalue weighted by atomic mass is 9.89. The molecule has 0 saturated heterocycles. The number of aromatic hydroxyl groups is 2. The standard InChI is InChI=1S/C13H18O2/c1-3-9-8-13(9,4-2)10-5-6-11(14)12(15)7-10/h5-7,9,14-15H,3-4,8H2,1-2H3. The molecule has 2 rings (SSSR count). The molecule has 0 radical (unpaired) electrons. The highest BCUT2D eigenvalue weighted by atomic mass is 16.3. The molecular formula is C13H18O2. The quantitative estimate of drug-likeness (QED) is 0.746. The van der Waals surface area contributed by atoms with Gasteiger partial charge in [-0.25, -0.2) is 0 Å². The minimum atomic E-state index is -0.0290. The van der Waals surface area contributed by atoms with Gasteiger partial charge in [0.15, 0.2) is 11.5 Å². The summed E-state index contributed by atoms with van der Waals surface area (Å²) >= 11 is 0. The first-order valence-corrected chi connectivity index (χ1v) is 5.66. The highest BCUT2D eigenvalue weighted by Crippen LogP contribution is 2.58. The highest BCUT2D eigenvalue weighted by Gasteiger charge is 2.52. The van der Waals surface area contributed by atoms with Gasteiger partial charge in [-0.15, -0.1) is 0 Å². The first-order valence-electron chi connectivity index (χ1n) is 5.66. The second-order valence-corrected chi connectivity index (χ2v) is 4.52. The Morgan fingerprint density at radius 1 is 1.27 bits per heavy atom. The molecule has 82 valence electrons. The number of phenols is 2. The Morgan fingerprint density at radius 2 is 2.00 bits per heavy atom. The van der Waals surface area contributed by atoms with E-state index in [0.717, 1.165) is 12.3 Å². The van der Waals surface area contributed by atoms with Crippen LogP contribution in [0.15, 0.2) is 18.2 Å². The molecular weight excluding hydrogens is 188 g/mol. The zero-order valence-electron chi connectivity index (χ0n) is 9.33. The largest absolute Gasteiger partial charge is 0.504 e. The Morgan fingerprint density at radius 3 is 2.47 bits per heavy atom. The SMILES string of the molecule is CCC1CC1(CC)c1ccc(O)c(O)c1. The molecule has 1 aromatic carbocycles. The van der Waals surface area contributed by atoms with Crippen molar-refractivity contribution >= 4 is 0 Å². The minimum absolute atomic E-state index is 0.00192. The maximum atomic E-state index is 9.50. The van der Waals surface area contributed by atoms with Crippen LogP contribution in [-0.2, 0) is 5.41 Å². The summed E-state index contributed by atoms with van der Waals surface area (Å²) in [6.07, 6.45) is 3.51. The van der Waals surface area contributed by atoms with Crippen LogP contribution in [0.2, 0.25) is 0 Å². The van der Waals surface area contributed by atoms with Crippen LogP contribution in [0.25, 0.3) is 0 Å². The fourth-order valence-corrected chi connectivity index (χ4v) is 2.74. The van der Waals surface area contributed by atoms with Gasteiger partial charge in [-0.1, -0.05) is 26.3 Å². The van der Waals surface area contributed by atoms with Gasteiger partial charge in [-0.05, 0) is 41.9 Å². The molecule has 1 aliphatic carbocycles. The molecule has 2 nitrogen and oxygen atoms in total. The lowest BCUT2D eigenvalue weighted by Crippen LogP contribution is -2.08. The monoisotopic (exact) mass is 206 g/mol. The summed E-state index contributed by atoms with van der Waals surface area (Å²) < 4.78 is 0. The second-order valence-electron chi connectivity index (χ2n) is 4.52. The third-order valence-corrected chi connectivity index (χ3v) is 3.91. The molecule has 1 fully saturated rings. The topological polar surface area (TPSA) is 40.5 Å². The Labute approximate surface area is 90.6 Å². The average Bonchev–Trinajstić information content (AvgIpc) is 2.97. The first kappa shape index (κ1) is 10.3. The molecule has 0 aromatic heterocycles. The Hall–Kier alpha value is -1.18. The summed E-state index contributed by atoms with van der Waals surface area (Å²) in [5, 5.41) is 18.8. The van der Waals surface area contributed by atoms with Crippen molar-refractivity contribution in [2.45, 2.75) is 38.5 Å². The Kier molecular flexibility index (Phi) is 2.37. The van der Waals surface area contributed by atoms with E-state index in [1.54, 1.807) is 12.1 Å². The highest BCUT2D eigenvalue weighted by molar-refractivity contribution is 5.45. The van der Waals surface area contributed by atoms with Gasteiger partial charge < -0.3 is 10.2 Å². The van der Waals surface area contributed by atoms with Gasteiger partial charge in [0, 0.05) is 0 Å². The zero-order valence-corrected chi connectivity index (χ0v) is 9.33. The van der Waals surface area contributed by atoms with Crippen LogP contribution in [0.4, 0.5) is 0 Å². The van der Waals surface area contributed by atoms with Gasteiger partial charge in [0.2, 0.25) is 0 Å². The van der Waals surface area contributed by atoms with Crippen LogP contribution >= 0.6 is 0 Å². The van der Waals surface area contributed by atoms with Crippen LogP contribution in [0, 0.1) is 5.92 Å². The summed E-state index contributed by atoms with van der Waals surface area (Å²) in [5.74, 6) is 0.715. The lowest BCUT2D eigenvalue weighted by molar-refractivity contribution is 0.401. The lowest BCUT2D eigenvalue weighted by Gasteiger charge is -2.16. The summed E-state index contributed by atoms with van der Waals surface area (Å²) in [4.78, 5) is 0. The van der Waals surface area contributed by atoms with E-state index in [1.165, 1.54) is 18.4 Å². The van der Waals surface area contributed by atoms with Gasteiger partial charge in [0.1, 0.15) is 0 Å². The van der Waals surface area contributed by atoms with Crippen LogP contribution in [-0.4, -0.2) is 10.2 Å². The molecule has 2 atom stereocenters. The molecule has 1 aromatic rings. The third-order valence-electron chi connectivity index (χ3n) is 3.91. The first-order chi connectivity index (χ1) is 7.14. The van der Waals surface area contributed by atoms with Crippen molar-refractivity contribution in [3.05, 3.63) is 23.8 Å². The van der Waals surface area contributed by atoms with Crippen LogP contribution in [0.1, 0.15) is 38.7 Å². The van der Waals surface area contributed by atoms with Crippen molar-refractivity contribution < 1.29 is 10.2 Å². The number of benzene rings is 1. The van der Waals surface area contributed by atoms with E-state index >= 15 is 0 Å². The van der Waals surface area contributed by atoms with Crippen molar-refractivity contribution in [3.8, 4) is 11.5 Å². The fraction of sp³-hybridized carbons (Fsp3) is 0.538. The molecule has 15 heavy (non-hydrogen) atoms. The second kappa shape index (κ2) is 3.44. The van der Waals surface area contributed by atoms with Gasteiger partial charge in [0.25, 0.3) is 0 Å². The normalized spacial score (nSPS) is 29.1. The van der Waals surface area contributed by atoms with E-state index in [1.807, 2.05) is 6.07 Å². The molecule has 0 aliphatic heterocycles.